The van der Waals surface area contributed by atoms with Crippen LogP contribution in [0.15, 0.2) is 24.8 Å². The van der Waals surface area contributed by atoms with Crippen molar-refractivity contribution >= 4 is 11.9 Å². The molecule has 0 unspecified atom stereocenters. The molecular formula is C22H36N6O. The third-order valence-corrected chi connectivity index (χ3v) is 5.28. The van der Waals surface area contributed by atoms with Crippen LogP contribution < -0.4 is 5.32 Å². The van der Waals surface area contributed by atoms with Gasteiger partial charge < -0.3 is 0 Å². The molecule has 0 bridgehead atoms. The third kappa shape index (κ3) is 7.91. The number of carbonyl (C=O) groups is 1. The molecule has 0 saturated carbocycles. The first-order chi connectivity index (χ1) is 14.0. The Bertz CT molecular complexity index is 713. The van der Waals surface area contributed by atoms with E-state index in [0.29, 0.717) is 11.9 Å². The van der Waals surface area contributed by atoms with Gasteiger partial charge in [0.1, 0.15) is 6.33 Å². The van der Waals surface area contributed by atoms with Gasteiger partial charge >= 0.3 is 0 Å². The Hall–Kier alpha value is -2.31. The molecule has 0 radical (unpaired) electrons. The number of hydrogen-bond acceptors (Lipinski definition) is 5. The maximum atomic E-state index is 12.8. The fourth-order valence-corrected chi connectivity index (χ4v) is 3.31. The molecule has 2 aromatic rings. The molecule has 0 fully saturated rings. The largest absolute Gasteiger partial charge is 0.294 e. The van der Waals surface area contributed by atoms with Crippen molar-refractivity contribution in [2.75, 3.05) is 5.32 Å². The van der Waals surface area contributed by atoms with Gasteiger partial charge in [-0.1, -0.05) is 85.0 Å². The summed E-state index contributed by atoms with van der Waals surface area (Å²) in [5.41, 5.74) is -0.464. The molecule has 2 aromatic heterocycles. The highest BCUT2D eigenvalue weighted by Gasteiger charge is 2.28. The summed E-state index contributed by atoms with van der Waals surface area (Å²) in [5, 5.41) is 7.00. The molecular weight excluding hydrogens is 364 g/mol. The molecule has 0 aromatic carbocycles. The standard InChI is InChI=1S/C22H36N6O/c1-4-5-6-7-8-9-10-11-12-13-15-22(2,3)19(29)27-21-25-18-26-28(21)20-23-16-14-17-24-20/h14,16-18H,4-13,15H2,1-3H3,(H,25,26,27,29). The number of unbranched alkanes of at least 4 members (excludes halogenated alkanes) is 9. The van der Waals surface area contributed by atoms with Crippen LogP contribution in [0.3, 0.4) is 0 Å². The zero-order valence-corrected chi connectivity index (χ0v) is 18.2. The lowest BCUT2D eigenvalue weighted by atomic mass is 9.85. The minimum Gasteiger partial charge on any atom is -0.294 e. The van der Waals surface area contributed by atoms with E-state index in [1.807, 2.05) is 13.8 Å². The van der Waals surface area contributed by atoms with Gasteiger partial charge in [0.15, 0.2) is 0 Å². The van der Waals surface area contributed by atoms with Gasteiger partial charge in [0.05, 0.1) is 0 Å². The Morgan fingerprint density at radius 3 is 2.14 bits per heavy atom. The Morgan fingerprint density at radius 2 is 1.52 bits per heavy atom. The number of rotatable bonds is 14. The number of aromatic nitrogens is 5. The van der Waals surface area contributed by atoms with Crippen LogP contribution in [0.5, 0.6) is 0 Å². The van der Waals surface area contributed by atoms with Crippen LogP contribution in [-0.4, -0.2) is 30.6 Å². The predicted molar refractivity (Wildman–Crippen MR) is 116 cm³/mol. The minimum atomic E-state index is -0.464. The van der Waals surface area contributed by atoms with Crippen molar-refractivity contribution in [1.82, 2.24) is 24.7 Å². The van der Waals surface area contributed by atoms with Gasteiger partial charge in [0.25, 0.3) is 5.95 Å². The molecule has 1 amide bonds. The lowest BCUT2D eigenvalue weighted by Gasteiger charge is -2.23. The highest BCUT2D eigenvalue weighted by molar-refractivity contribution is 5.93. The molecule has 0 atom stereocenters. The average molecular weight is 401 g/mol. The van der Waals surface area contributed by atoms with E-state index >= 15 is 0 Å². The lowest BCUT2D eigenvalue weighted by molar-refractivity contribution is -0.124. The molecule has 0 saturated heterocycles. The number of amides is 1. The van der Waals surface area contributed by atoms with Crippen LogP contribution in [0.2, 0.25) is 0 Å². The normalized spacial score (nSPS) is 11.6. The highest BCUT2D eigenvalue weighted by atomic mass is 16.2. The van der Waals surface area contributed by atoms with E-state index in [4.69, 9.17) is 0 Å². The maximum absolute atomic E-state index is 12.8. The SMILES string of the molecule is CCCCCCCCCCCCC(C)(C)C(=O)Nc1ncnn1-c1ncccn1. The van der Waals surface area contributed by atoms with Crippen molar-refractivity contribution < 1.29 is 4.79 Å². The molecule has 2 rings (SSSR count). The number of carbonyl (C=O) groups excluding carboxylic acids is 1. The zero-order chi connectivity index (χ0) is 21.0. The molecule has 1 N–H and O–H groups in total. The van der Waals surface area contributed by atoms with Crippen LogP contribution in [0.1, 0.15) is 91.4 Å². The molecule has 0 aliphatic heterocycles. The number of nitrogens with zero attached hydrogens (tertiary/aromatic N) is 5. The van der Waals surface area contributed by atoms with Crippen molar-refractivity contribution in [3.05, 3.63) is 24.8 Å². The summed E-state index contributed by atoms with van der Waals surface area (Å²) in [5.74, 6) is 0.670. The van der Waals surface area contributed by atoms with Gasteiger partial charge in [-0.15, -0.1) is 0 Å². The monoisotopic (exact) mass is 400 g/mol. The van der Waals surface area contributed by atoms with Crippen molar-refractivity contribution in [1.29, 1.82) is 0 Å². The zero-order valence-electron chi connectivity index (χ0n) is 18.2. The molecule has 0 spiro atoms. The summed E-state index contributed by atoms with van der Waals surface area (Å²) in [6.45, 7) is 6.22. The van der Waals surface area contributed by atoms with Crippen LogP contribution >= 0.6 is 0 Å². The second-order valence-electron chi connectivity index (χ2n) is 8.31. The average Bonchev–Trinajstić information content (AvgIpc) is 3.18. The van der Waals surface area contributed by atoms with E-state index in [0.717, 1.165) is 12.8 Å². The van der Waals surface area contributed by atoms with Crippen LogP contribution in [-0.2, 0) is 4.79 Å². The molecule has 160 valence electrons. The molecule has 29 heavy (non-hydrogen) atoms. The highest BCUT2D eigenvalue weighted by Crippen LogP contribution is 2.26. The van der Waals surface area contributed by atoms with E-state index in [2.05, 4.69) is 32.3 Å². The first kappa shape index (κ1) is 23.0. The summed E-state index contributed by atoms with van der Waals surface area (Å²) in [6.07, 6.45) is 18.4. The lowest BCUT2D eigenvalue weighted by Crippen LogP contribution is -2.32. The summed E-state index contributed by atoms with van der Waals surface area (Å²) in [6, 6.07) is 1.73. The van der Waals surface area contributed by atoms with Gasteiger partial charge in [-0.25, -0.2) is 9.97 Å². The Balaban J connectivity index is 1.69. The van der Waals surface area contributed by atoms with Crippen molar-refractivity contribution in [3.63, 3.8) is 0 Å². The van der Waals surface area contributed by atoms with Gasteiger partial charge in [-0.05, 0) is 12.5 Å². The maximum Gasteiger partial charge on any atom is 0.253 e. The number of anilines is 1. The van der Waals surface area contributed by atoms with E-state index in [9.17, 15) is 4.79 Å². The van der Waals surface area contributed by atoms with E-state index in [1.165, 1.54) is 68.8 Å². The Morgan fingerprint density at radius 1 is 0.931 bits per heavy atom. The smallest absolute Gasteiger partial charge is 0.253 e. The van der Waals surface area contributed by atoms with Crippen LogP contribution in [0.4, 0.5) is 5.95 Å². The third-order valence-electron chi connectivity index (χ3n) is 5.28. The Labute approximate surface area is 174 Å². The first-order valence-corrected chi connectivity index (χ1v) is 11.0. The fraction of sp³-hybridized carbons (Fsp3) is 0.682. The van der Waals surface area contributed by atoms with Crippen LogP contribution in [0, 0.1) is 5.41 Å². The van der Waals surface area contributed by atoms with Gasteiger partial charge in [-0.2, -0.15) is 14.8 Å². The number of nitrogens with one attached hydrogen (secondary N) is 1. The molecule has 7 nitrogen and oxygen atoms in total. The van der Waals surface area contributed by atoms with Crippen molar-refractivity contribution in [2.24, 2.45) is 5.41 Å². The van der Waals surface area contributed by atoms with E-state index < -0.39 is 5.41 Å². The molecule has 0 aliphatic rings. The molecule has 7 heteroatoms. The summed E-state index contributed by atoms with van der Waals surface area (Å²) in [4.78, 5) is 25.2. The minimum absolute atomic E-state index is 0.0568. The summed E-state index contributed by atoms with van der Waals surface area (Å²) >= 11 is 0. The van der Waals surface area contributed by atoms with Crippen LogP contribution in [0.25, 0.3) is 5.95 Å². The topological polar surface area (TPSA) is 85.6 Å². The van der Waals surface area contributed by atoms with Gasteiger partial charge in [0.2, 0.25) is 11.9 Å². The molecule has 0 aliphatic carbocycles. The quantitative estimate of drug-likeness (QED) is 0.433. The summed E-state index contributed by atoms with van der Waals surface area (Å²) in [7, 11) is 0. The summed E-state index contributed by atoms with van der Waals surface area (Å²) < 4.78 is 1.44. The fourth-order valence-electron chi connectivity index (χ4n) is 3.31. The molecule has 2 heterocycles. The van der Waals surface area contributed by atoms with Gasteiger partial charge in [0, 0.05) is 17.8 Å². The van der Waals surface area contributed by atoms with Crippen molar-refractivity contribution in [3.8, 4) is 5.95 Å². The van der Waals surface area contributed by atoms with Gasteiger partial charge in [-0.3, -0.25) is 10.1 Å². The van der Waals surface area contributed by atoms with E-state index in [1.54, 1.807) is 18.5 Å². The first-order valence-electron chi connectivity index (χ1n) is 11.0. The second kappa shape index (κ2) is 12.3. The predicted octanol–water partition coefficient (Wildman–Crippen LogP) is 5.33. The van der Waals surface area contributed by atoms with Crippen molar-refractivity contribution in [2.45, 2.75) is 91.4 Å². The number of hydrogen-bond donors (Lipinski definition) is 1. The van der Waals surface area contributed by atoms with E-state index in [-0.39, 0.29) is 5.91 Å². The Kier molecular flexibility index (Phi) is 9.74. The second-order valence-corrected chi connectivity index (χ2v) is 8.31.